The minimum Gasteiger partial charge on any atom is -0.508 e. The molecule has 0 unspecified atom stereocenters. The minimum absolute atomic E-state index is 0.0133. The van der Waals surface area contributed by atoms with E-state index in [1.54, 1.807) is 32.0 Å². The summed E-state index contributed by atoms with van der Waals surface area (Å²) in [6.07, 6.45) is 3.05. The van der Waals surface area contributed by atoms with E-state index in [1.165, 1.54) is 24.5 Å². The van der Waals surface area contributed by atoms with E-state index in [0.717, 1.165) is 0 Å². The van der Waals surface area contributed by atoms with Crippen LogP contribution in [0.1, 0.15) is 21.5 Å². The number of aromatic hydroxyl groups is 1. The number of nitrogens with zero attached hydrogens (tertiary/aromatic N) is 1. The normalized spacial score (nSPS) is 10.7. The molecule has 5 nitrogen and oxygen atoms in total. The van der Waals surface area contributed by atoms with Gasteiger partial charge in [0, 0.05) is 23.5 Å². The SMILES string of the molecule is Cc1ccc(O)c(C)c1-c1c(N)c(C(N)=O)cc(-c2ccncc2)c1F. The molecule has 0 aliphatic heterocycles. The third kappa shape index (κ3) is 2.75. The Balaban J connectivity index is 2.45. The van der Waals surface area contributed by atoms with E-state index in [1.807, 2.05) is 0 Å². The highest BCUT2D eigenvalue weighted by atomic mass is 19.1. The van der Waals surface area contributed by atoms with Gasteiger partial charge in [-0.25, -0.2) is 4.39 Å². The molecule has 1 heterocycles. The number of carbonyl (C=O) groups excluding carboxylic acids is 1. The summed E-state index contributed by atoms with van der Waals surface area (Å²) in [7, 11) is 0. The van der Waals surface area contributed by atoms with Crippen molar-refractivity contribution < 1.29 is 14.3 Å². The molecule has 0 bridgehead atoms. The van der Waals surface area contributed by atoms with Gasteiger partial charge in [0.2, 0.25) is 0 Å². The zero-order valence-electron chi connectivity index (χ0n) is 14.4. The lowest BCUT2D eigenvalue weighted by Gasteiger charge is -2.19. The molecule has 3 rings (SSSR count). The summed E-state index contributed by atoms with van der Waals surface area (Å²) in [4.78, 5) is 15.8. The summed E-state index contributed by atoms with van der Waals surface area (Å²) in [5, 5.41) is 10.1. The van der Waals surface area contributed by atoms with Gasteiger partial charge < -0.3 is 16.6 Å². The Bertz CT molecular complexity index is 1020. The third-order valence-corrected chi connectivity index (χ3v) is 4.46. The van der Waals surface area contributed by atoms with Crippen molar-refractivity contribution >= 4 is 11.6 Å². The van der Waals surface area contributed by atoms with Crippen molar-refractivity contribution in [2.75, 3.05) is 5.73 Å². The monoisotopic (exact) mass is 351 g/mol. The fourth-order valence-corrected chi connectivity index (χ4v) is 3.08. The highest BCUT2D eigenvalue weighted by Crippen LogP contribution is 2.42. The van der Waals surface area contributed by atoms with Crippen LogP contribution in [-0.2, 0) is 0 Å². The van der Waals surface area contributed by atoms with Crippen molar-refractivity contribution in [1.82, 2.24) is 4.98 Å². The lowest BCUT2D eigenvalue weighted by Crippen LogP contribution is -2.15. The molecule has 3 aromatic rings. The summed E-state index contributed by atoms with van der Waals surface area (Å²) in [5.74, 6) is -1.33. The van der Waals surface area contributed by atoms with Crippen LogP contribution in [-0.4, -0.2) is 16.0 Å². The van der Waals surface area contributed by atoms with Gasteiger partial charge in [-0.1, -0.05) is 6.07 Å². The van der Waals surface area contributed by atoms with Crippen LogP contribution in [0.4, 0.5) is 10.1 Å². The van der Waals surface area contributed by atoms with Gasteiger partial charge >= 0.3 is 0 Å². The molecular weight excluding hydrogens is 333 g/mol. The Kier molecular flexibility index (Phi) is 4.34. The molecule has 0 radical (unpaired) electrons. The number of halogens is 1. The number of anilines is 1. The summed E-state index contributed by atoms with van der Waals surface area (Å²) >= 11 is 0. The predicted molar refractivity (Wildman–Crippen MR) is 99.1 cm³/mol. The maximum atomic E-state index is 15.5. The molecule has 0 spiro atoms. The molecule has 132 valence electrons. The second-order valence-corrected chi connectivity index (χ2v) is 6.08. The molecule has 0 atom stereocenters. The van der Waals surface area contributed by atoms with E-state index in [0.29, 0.717) is 22.3 Å². The van der Waals surface area contributed by atoms with E-state index in [4.69, 9.17) is 11.5 Å². The molecular formula is C20H18FN3O2. The number of aromatic nitrogens is 1. The zero-order chi connectivity index (χ0) is 19.0. The first-order chi connectivity index (χ1) is 12.3. The third-order valence-electron chi connectivity index (χ3n) is 4.46. The van der Waals surface area contributed by atoms with E-state index in [9.17, 15) is 9.90 Å². The van der Waals surface area contributed by atoms with Crippen LogP contribution in [0.3, 0.4) is 0 Å². The van der Waals surface area contributed by atoms with Crippen molar-refractivity contribution in [2.45, 2.75) is 13.8 Å². The van der Waals surface area contributed by atoms with E-state index in [-0.39, 0.29) is 28.1 Å². The lowest BCUT2D eigenvalue weighted by atomic mass is 9.88. The number of primary amides is 1. The fraction of sp³-hybridized carbons (Fsp3) is 0.100. The molecule has 2 aromatic carbocycles. The molecule has 0 saturated heterocycles. The number of aryl methyl sites for hydroxylation is 1. The van der Waals surface area contributed by atoms with Crippen molar-refractivity contribution in [3.8, 4) is 28.0 Å². The number of carbonyl (C=O) groups is 1. The van der Waals surface area contributed by atoms with Gasteiger partial charge in [-0.2, -0.15) is 0 Å². The Morgan fingerprint density at radius 2 is 1.77 bits per heavy atom. The van der Waals surface area contributed by atoms with Crippen LogP contribution < -0.4 is 11.5 Å². The first-order valence-corrected chi connectivity index (χ1v) is 7.94. The van der Waals surface area contributed by atoms with Crippen LogP contribution in [0.25, 0.3) is 22.3 Å². The van der Waals surface area contributed by atoms with Crippen LogP contribution in [0.2, 0.25) is 0 Å². The summed E-state index contributed by atoms with van der Waals surface area (Å²) in [5.41, 5.74) is 14.0. The van der Waals surface area contributed by atoms with Crippen molar-refractivity contribution in [2.24, 2.45) is 5.73 Å². The molecule has 0 saturated carbocycles. The average Bonchev–Trinajstić information content (AvgIpc) is 2.61. The fourth-order valence-electron chi connectivity index (χ4n) is 3.08. The van der Waals surface area contributed by atoms with Gasteiger partial charge in [-0.3, -0.25) is 9.78 Å². The van der Waals surface area contributed by atoms with Gasteiger partial charge in [0.15, 0.2) is 0 Å². The number of amides is 1. The van der Waals surface area contributed by atoms with Crippen molar-refractivity contribution in [3.05, 3.63) is 65.2 Å². The summed E-state index contributed by atoms with van der Waals surface area (Å²) in [6, 6.07) is 7.81. The lowest BCUT2D eigenvalue weighted by molar-refractivity contribution is 0.100. The standard InChI is InChI=1S/C20H18FN3O2/c1-10-3-4-15(25)11(2)16(10)17-18(21)13(12-5-7-24-8-6-12)9-14(19(17)22)20(23)26/h3-9,25H,22H2,1-2H3,(H2,23,26). The number of phenols is 1. The molecule has 6 heteroatoms. The summed E-state index contributed by atoms with van der Waals surface area (Å²) in [6.45, 7) is 3.45. The maximum absolute atomic E-state index is 15.5. The Morgan fingerprint density at radius 1 is 1.12 bits per heavy atom. The number of hydrogen-bond donors (Lipinski definition) is 3. The maximum Gasteiger partial charge on any atom is 0.250 e. The quantitative estimate of drug-likeness (QED) is 0.628. The average molecular weight is 351 g/mol. The van der Waals surface area contributed by atoms with Gasteiger partial charge in [-0.15, -0.1) is 0 Å². The molecule has 1 amide bonds. The topological polar surface area (TPSA) is 102 Å². The van der Waals surface area contributed by atoms with Crippen LogP contribution in [0, 0.1) is 19.7 Å². The number of benzene rings is 2. The second-order valence-electron chi connectivity index (χ2n) is 6.08. The van der Waals surface area contributed by atoms with Gasteiger partial charge in [0.05, 0.1) is 11.3 Å². The Morgan fingerprint density at radius 3 is 2.38 bits per heavy atom. The van der Waals surface area contributed by atoms with E-state index < -0.39 is 11.7 Å². The molecule has 5 N–H and O–H groups in total. The predicted octanol–water partition coefficient (Wildman–Crippen LogP) is 3.56. The highest BCUT2D eigenvalue weighted by molar-refractivity contribution is 6.04. The number of phenolic OH excluding ortho intramolecular Hbond substituents is 1. The number of nitrogen functional groups attached to an aromatic ring is 1. The second kappa shape index (κ2) is 6.48. The first-order valence-electron chi connectivity index (χ1n) is 7.94. The van der Waals surface area contributed by atoms with Crippen LogP contribution >= 0.6 is 0 Å². The molecule has 0 aliphatic rings. The van der Waals surface area contributed by atoms with Gasteiger partial charge in [0.25, 0.3) is 5.91 Å². The minimum atomic E-state index is -0.755. The molecule has 0 fully saturated rings. The largest absolute Gasteiger partial charge is 0.508 e. The first kappa shape index (κ1) is 17.4. The summed E-state index contributed by atoms with van der Waals surface area (Å²) < 4.78 is 15.5. The molecule has 26 heavy (non-hydrogen) atoms. The van der Waals surface area contributed by atoms with Crippen LogP contribution in [0.15, 0.2) is 42.7 Å². The zero-order valence-corrected chi connectivity index (χ0v) is 14.4. The molecule has 0 aliphatic carbocycles. The Hall–Kier alpha value is -3.41. The number of rotatable bonds is 3. The van der Waals surface area contributed by atoms with E-state index in [2.05, 4.69) is 4.98 Å². The number of nitrogens with two attached hydrogens (primary N) is 2. The molecule has 1 aromatic heterocycles. The number of hydrogen-bond acceptors (Lipinski definition) is 4. The van der Waals surface area contributed by atoms with Crippen molar-refractivity contribution in [3.63, 3.8) is 0 Å². The van der Waals surface area contributed by atoms with Crippen LogP contribution in [0.5, 0.6) is 5.75 Å². The highest BCUT2D eigenvalue weighted by Gasteiger charge is 2.24. The number of pyridine rings is 1. The van der Waals surface area contributed by atoms with Crippen molar-refractivity contribution in [1.29, 1.82) is 0 Å². The van der Waals surface area contributed by atoms with E-state index >= 15 is 4.39 Å². The Labute approximate surface area is 150 Å². The smallest absolute Gasteiger partial charge is 0.250 e. The van der Waals surface area contributed by atoms with Gasteiger partial charge in [0.1, 0.15) is 11.6 Å². The van der Waals surface area contributed by atoms with Gasteiger partial charge in [-0.05, 0) is 60.4 Å².